The number of aromatic hydroxyl groups is 1. The van der Waals surface area contributed by atoms with Gasteiger partial charge in [0.25, 0.3) is 5.91 Å². The summed E-state index contributed by atoms with van der Waals surface area (Å²) >= 11 is 7.85. The minimum absolute atomic E-state index is 0.0185. The summed E-state index contributed by atoms with van der Waals surface area (Å²) in [6.45, 7) is 2.46. The highest BCUT2D eigenvalue weighted by molar-refractivity contribution is 7.17. The van der Waals surface area contributed by atoms with Crippen LogP contribution in [0.25, 0.3) is 38.1 Å². The number of nitrogens with one attached hydrogen (secondary N) is 2. The van der Waals surface area contributed by atoms with Gasteiger partial charge in [-0.2, -0.15) is 0 Å². The Labute approximate surface area is 244 Å². The SMILES string of the molecule is Cc1csc2c(O)cc3c(c12)[C@@H](CCl)CN3C(=O)/C=C/c1c[nH]c2ncc(CC(=O)c3cc4ccccc4[nH]3)cc12. The Morgan fingerprint density at radius 3 is 2.93 bits per heavy atom. The first-order valence-corrected chi connectivity index (χ1v) is 14.7. The van der Waals surface area contributed by atoms with E-state index in [2.05, 4.69) is 15.0 Å². The van der Waals surface area contributed by atoms with Gasteiger partial charge in [0.2, 0.25) is 0 Å². The Bertz CT molecular complexity index is 2000. The summed E-state index contributed by atoms with van der Waals surface area (Å²) in [5.41, 5.74) is 6.54. The van der Waals surface area contributed by atoms with Crippen molar-refractivity contribution in [2.45, 2.75) is 19.3 Å². The van der Waals surface area contributed by atoms with E-state index in [1.165, 1.54) is 17.4 Å². The number of carbonyl (C=O) groups excluding carboxylic acids is 2. The number of hydrogen-bond acceptors (Lipinski definition) is 5. The molecular weight excluding hydrogens is 556 g/mol. The van der Waals surface area contributed by atoms with Gasteiger partial charge in [0.05, 0.1) is 16.1 Å². The van der Waals surface area contributed by atoms with E-state index in [9.17, 15) is 14.7 Å². The third-order valence-electron chi connectivity index (χ3n) is 7.80. The maximum atomic E-state index is 13.5. The van der Waals surface area contributed by atoms with Crippen LogP contribution in [-0.4, -0.2) is 44.2 Å². The molecule has 1 atom stereocenters. The van der Waals surface area contributed by atoms with Gasteiger partial charge in [-0.25, -0.2) is 4.98 Å². The van der Waals surface area contributed by atoms with Gasteiger partial charge < -0.3 is 20.0 Å². The number of para-hydroxylation sites is 1. The Morgan fingerprint density at radius 2 is 2.10 bits per heavy atom. The molecule has 204 valence electrons. The molecule has 0 aliphatic carbocycles. The molecule has 0 saturated heterocycles. The lowest BCUT2D eigenvalue weighted by Crippen LogP contribution is -2.28. The number of amides is 1. The number of benzene rings is 2. The number of ketones is 1. The normalized spacial score (nSPS) is 15.1. The molecule has 0 unspecified atom stereocenters. The predicted molar refractivity (Wildman–Crippen MR) is 166 cm³/mol. The van der Waals surface area contributed by atoms with Gasteiger partial charge in [0.15, 0.2) is 5.78 Å². The molecule has 9 heteroatoms. The molecule has 1 amide bonds. The topological polar surface area (TPSA) is 102 Å². The molecule has 7 nitrogen and oxygen atoms in total. The van der Waals surface area contributed by atoms with Crippen LogP contribution >= 0.6 is 22.9 Å². The van der Waals surface area contributed by atoms with Crippen molar-refractivity contribution >= 4 is 78.4 Å². The predicted octanol–water partition coefficient (Wildman–Crippen LogP) is 7.08. The van der Waals surface area contributed by atoms with E-state index >= 15 is 0 Å². The second kappa shape index (κ2) is 9.90. The number of pyridine rings is 1. The lowest BCUT2D eigenvalue weighted by atomic mass is 9.97. The molecule has 0 saturated carbocycles. The van der Waals surface area contributed by atoms with Gasteiger partial charge in [0, 0.05) is 76.5 Å². The second-order valence-electron chi connectivity index (χ2n) is 10.4. The van der Waals surface area contributed by atoms with Crippen LogP contribution in [0.3, 0.4) is 0 Å². The number of fused-ring (bicyclic) bond motifs is 5. The molecule has 6 aromatic rings. The zero-order chi connectivity index (χ0) is 28.2. The molecule has 4 aromatic heterocycles. The van der Waals surface area contributed by atoms with Crippen LogP contribution in [0.5, 0.6) is 5.75 Å². The van der Waals surface area contributed by atoms with Gasteiger partial charge in [-0.05, 0) is 53.3 Å². The first-order valence-electron chi connectivity index (χ1n) is 13.3. The average Bonchev–Trinajstić information content (AvgIpc) is 3.75. The maximum Gasteiger partial charge on any atom is 0.251 e. The van der Waals surface area contributed by atoms with E-state index < -0.39 is 0 Å². The number of aromatic amines is 2. The van der Waals surface area contributed by atoms with Gasteiger partial charge in [-0.3, -0.25) is 9.59 Å². The van der Waals surface area contributed by atoms with Crippen molar-refractivity contribution in [3.8, 4) is 5.75 Å². The molecule has 0 radical (unpaired) electrons. The first-order chi connectivity index (χ1) is 19.9. The molecule has 3 N–H and O–H groups in total. The van der Waals surface area contributed by atoms with Gasteiger partial charge >= 0.3 is 0 Å². The van der Waals surface area contributed by atoms with Crippen LogP contribution in [0.1, 0.15) is 38.7 Å². The third-order valence-corrected chi connectivity index (χ3v) is 9.29. The zero-order valence-corrected chi connectivity index (χ0v) is 23.6. The first kappa shape index (κ1) is 25.6. The van der Waals surface area contributed by atoms with Crippen LogP contribution in [0.4, 0.5) is 5.69 Å². The number of carbonyl (C=O) groups is 2. The van der Waals surface area contributed by atoms with Crippen molar-refractivity contribution in [1.29, 1.82) is 0 Å². The summed E-state index contributed by atoms with van der Waals surface area (Å²) < 4.78 is 0.825. The number of phenols is 1. The number of hydrogen-bond donors (Lipinski definition) is 3. The Balaban J connectivity index is 1.15. The summed E-state index contributed by atoms with van der Waals surface area (Å²) in [5, 5.41) is 15.5. The highest BCUT2D eigenvalue weighted by atomic mass is 35.5. The fourth-order valence-corrected chi connectivity index (χ4v) is 7.04. The monoisotopic (exact) mass is 580 g/mol. The lowest BCUT2D eigenvalue weighted by Gasteiger charge is -2.16. The third kappa shape index (κ3) is 4.31. The number of anilines is 1. The number of alkyl halides is 1. The molecule has 41 heavy (non-hydrogen) atoms. The van der Waals surface area contributed by atoms with Crippen molar-refractivity contribution in [1.82, 2.24) is 15.0 Å². The number of phenolic OH excluding ortho intramolecular Hbond substituents is 1. The van der Waals surface area contributed by atoms with E-state index in [1.54, 1.807) is 29.4 Å². The standard InChI is InChI=1S/C32H25ClN4O3S/c1-17-16-41-31-27(39)11-25-30(29(17)31)21(12-33)15-37(25)28(40)7-6-20-14-35-32-22(20)8-18(13-34-32)9-26(38)24-10-19-4-2-3-5-23(19)36-24/h2-8,10-11,13-14,16,21,36,39H,9,12,15H2,1H3,(H,34,35)/b7-6+/t21-/m0/s1. The van der Waals surface area contributed by atoms with Gasteiger partial charge in [0.1, 0.15) is 11.4 Å². The number of H-pyrrole nitrogens is 2. The number of rotatable bonds is 6. The molecule has 0 fully saturated rings. The second-order valence-corrected chi connectivity index (χ2v) is 11.6. The van der Waals surface area contributed by atoms with E-state index in [0.717, 1.165) is 48.6 Å². The van der Waals surface area contributed by atoms with Crippen LogP contribution in [0, 0.1) is 6.92 Å². The number of Topliss-reactive ketones (excluding diaryl/α,β-unsaturated/α-hetero) is 1. The summed E-state index contributed by atoms with van der Waals surface area (Å²) in [5.74, 6) is 0.313. The zero-order valence-electron chi connectivity index (χ0n) is 22.1. The molecule has 2 aromatic carbocycles. The van der Waals surface area contributed by atoms with Gasteiger partial charge in [-0.1, -0.05) is 18.2 Å². The molecular formula is C32H25ClN4O3S. The van der Waals surface area contributed by atoms with E-state index in [-0.39, 0.29) is 29.8 Å². The van der Waals surface area contributed by atoms with E-state index in [0.29, 0.717) is 29.5 Å². The van der Waals surface area contributed by atoms with E-state index in [1.807, 2.05) is 48.7 Å². The van der Waals surface area contributed by atoms with Gasteiger partial charge in [-0.15, -0.1) is 22.9 Å². The quantitative estimate of drug-likeness (QED) is 0.111. The molecule has 0 spiro atoms. The van der Waals surface area contributed by atoms with Crippen molar-refractivity contribution < 1.29 is 14.7 Å². The van der Waals surface area contributed by atoms with Crippen LogP contribution < -0.4 is 4.90 Å². The molecule has 1 aliphatic heterocycles. The number of aryl methyl sites for hydroxylation is 1. The number of thiophene rings is 1. The fourth-order valence-electron chi connectivity index (χ4n) is 5.81. The van der Waals surface area contributed by atoms with Crippen molar-refractivity contribution in [3.05, 3.63) is 94.3 Å². The highest BCUT2D eigenvalue weighted by Gasteiger charge is 2.34. The largest absolute Gasteiger partial charge is 0.506 e. The summed E-state index contributed by atoms with van der Waals surface area (Å²) in [4.78, 5) is 39.0. The molecule has 1 aliphatic rings. The van der Waals surface area contributed by atoms with E-state index in [4.69, 9.17) is 11.6 Å². The number of aromatic nitrogens is 3. The molecule has 0 bridgehead atoms. The summed E-state index contributed by atoms with van der Waals surface area (Å²) in [6.07, 6.45) is 6.99. The smallest absolute Gasteiger partial charge is 0.251 e. The minimum Gasteiger partial charge on any atom is -0.506 e. The average molecular weight is 581 g/mol. The van der Waals surface area contributed by atoms with Crippen molar-refractivity contribution in [2.75, 3.05) is 17.3 Å². The van der Waals surface area contributed by atoms with Crippen molar-refractivity contribution in [2.24, 2.45) is 0 Å². The van der Waals surface area contributed by atoms with Crippen LogP contribution in [-0.2, 0) is 11.2 Å². The molecule has 5 heterocycles. The minimum atomic E-state index is -0.196. The molecule has 7 rings (SSSR count). The Hall–Kier alpha value is -4.40. The summed E-state index contributed by atoms with van der Waals surface area (Å²) in [7, 11) is 0. The maximum absolute atomic E-state index is 13.5. The summed E-state index contributed by atoms with van der Waals surface area (Å²) in [6, 6.07) is 13.3. The van der Waals surface area contributed by atoms with Crippen LogP contribution in [0.2, 0.25) is 0 Å². The Kier molecular flexibility index (Phi) is 6.17. The number of nitrogens with zero attached hydrogens (tertiary/aromatic N) is 2. The Morgan fingerprint density at radius 1 is 1.24 bits per heavy atom. The lowest BCUT2D eigenvalue weighted by molar-refractivity contribution is -0.114. The highest BCUT2D eigenvalue weighted by Crippen LogP contribution is 2.48. The van der Waals surface area contributed by atoms with Crippen LogP contribution in [0.15, 0.2) is 66.3 Å². The fraction of sp³-hybridized carbons (Fsp3) is 0.156. The van der Waals surface area contributed by atoms with Crippen molar-refractivity contribution in [3.63, 3.8) is 0 Å². The number of halogens is 1.